The van der Waals surface area contributed by atoms with E-state index in [0.29, 0.717) is 17.7 Å². The molecule has 0 saturated carbocycles. The van der Waals surface area contributed by atoms with E-state index >= 15 is 0 Å². The summed E-state index contributed by atoms with van der Waals surface area (Å²) in [6, 6.07) is 11.8. The van der Waals surface area contributed by atoms with Crippen molar-refractivity contribution in [1.82, 2.24) is 15.0 Å². The Morgan fingerprint density at radius 3 is 2.62 bits per heavy atom. The molecule has 1 aliphatic heterocycles. The van der Waals surface area contributed by atoms with Gasteiger partial charge in [-0.05, 0) is 17.7 Å². The molecule has 0 saturated heterocycles. The van der Waals surface area contributed by atoms with E-state index < -0.39 is 4.92 Å². The van der Waals surface area contributed by atoms with Crippen LogP contribution in [0.25, 0.3) is 11.0 Å². The first kappa shape index (κ1) is 18.7. The standard InChI is InChI=1S/C21H19N5O3/c1-13(2)21(27)25-20(15-6-7-17-19(11-15)23-9-8-22-17)12-18(24-25)14-4-3-5-16(10-14)26(28)29/h3-11,13,20H,12H2,1-2H3. The van der Waals surface area contributed by atoms with Crippen molar-refractivity contribution in [2.45, 2.75) is 26.3 Å². The normalized spacial score (nSPS) is 16.3. The number of hydrogen-bond donors (Lipinski definition) is 0. The summed E-state index contributed by atoms with van der Waals surface area (Å²) in [5.41, 5.74) is 3.70. The lowest BCUT2D eigenvalue weighted by Crippen LogP contribution is -2.30. The Hall–Kier alpha value is -3.68. The van der Waals surface area contributed by atoms with Gasteiger partial charge in [0.1, 0.15) is 0 Å². The molecule has 0 bridgehead atoms. The summed E-state index contributed by atoms with van der Waals surface area (Å²) in [6.07, 6.45) is 3.73. The van der Waals surface area contributed by atoms with Gasteiger partial charge in [0.2, 0.25) is 5.91 Å². The highest BCUT2D eigenvalue weighted by Crippen LogP contribution is 2.35. The smallest absolute Gasteiger partial charge is 0.270 e. The second kappa shape index (κ2) is 7.38. The van der Waals surface area contributed by atoms with Crippen molar-refractivity contribution in [1.29, 1.82) is 0 Å². The Bertz CT molecular complexity index is 1140. The lowest BCUT2D eigenvalue weighted by molar-refractivity contribution is -0.384. The van der Waals surface area contributed by atoms with Gasteiger partial charge in [0.15, 0.2) is 0 Å². The number of aromatic nitrogens is 2. The van der Waals surface area contributed by atoms with Gasteiger partial charge in [-0.3, -0.25) is 24.9 Å². The van der Waals surface area contributed by atoms with Crippen LogP contribution in [0.3, 0.4) is 0 Å². The number of hydrogen-bond acceptors (Lipinski definition) is 6. The van der Waals surface area contributed by atoms with Gasteiger partial charge in [-0.2, -0.15) is 5.10 Å². The molecule has 29 heavy (non-hydrogen) atoms. The Kier molecular flexibility index (Phi) is 4.75. The van der Waals surface area contributed by atoms with Crippen LogP contribution in [-0.2, 0) is 4.79 Å². The van der Waals surface area contributed by atoms with Crippen LogP contribution in [0.5, 0.6) is 0 Å². The molecule has 0 radical (unpaired) electrons. The van der Waals surface area contributed by atoms with Crippen molar-refractivity contribution in [3.63, 3.8) is 0 Å². The predicted molar refractivity (Wildman–Crippen MR) is 108 cm³/mol. The SMILES string of the molecule is CC(C)C(=O)N1N=C(c2cccc([N+](=O)[O-])c2)CC1c1ccc2nccnc2c1. The van der Waals surface area contributed by atoms with Crippen LogP contribution in [0, 0.1) is 16.0 Å². The van der Waals surface area contributed by atoms with Gasteiger partial charge in [0.05, 0.1) is 27.7 Å². The Balaban J connectivity index is 1.74. The number of nitro groups is 1. The molecule has 2 aromatic carbocycles. The lowest BCUT2D eigenvalue weighted by Gasteiger charge is -2.23. The zero-order valence-electron chi connectivity index (χ0n) is 16.0. The molecular weight excluding hydrogens is 370 g/mol. The average Bonchev–Trinajstić information content (AvgIpc) is 3.18. The van der Waals surface area contributed by atoms with E-state index in [0.717, 1.165) is 16.6 Å². The highest BCUT2D eigenvalue weighted by Gasteiger charge is 2.34. The topological polar surface area (TPSA) is 102 Å². The number of carbonyl (C=O) groups is 1. The predicted octanol–water partition coefficient (Wildman–Crippen LogP) is 3.87. The molecule has 1 aliphatic rings. The van der Waals surface area contributed by atoms with Gasteiger partial charge in [-0.15, -0.1) is 0 Å². The summed E-state index contributed by atoms with van der Waals surface area (Å²) in [5, 5.41) is 17.2. The molecule has 2 heterocycles. The summed E-state index contributed by atoms with van der Waals surface area (Å²) in [4.78, 5) is 32.2. The van der Waals surface area contributed by atoms with Crippen LogP contribution in [-0.4, -0.2) is 31.5 Å². The van der Waals surface area contributed by atoms with Crippen LogP contribution < -0.4 is 0 Å². The van der Waals surface area contributed by atoms with Crippen molar-refractivity contribution < 1.29 is 9.72 Å². The molecular formula is C21H19N5O3. The Morgan fingerprint density at radius 2 is 1.90 bits per heavy atom. The first-order valence-corrected chi connectivity index (χ1v) is 9.30. The first-order chi connectivity index (χ1) is 13.9. The molecule has 8 nitrogen and oxygen atoms in total. The summed E-state index contributed by atoms with van der Waals surface area (Å²) >= 11 is 0. The van der Waals surface area contributed by atoms with E-state index in [-0.39, 0.29) is 23.6 Å². The molecule has 1 amide bonds. The van der Waals surface area contributed by atoms with E-state index in [1.165, 1.54) is 17.1 Å². The molecule has 0 fully saturated rings. The summed E-state index contributed by atoms with van der Waals surface area (Å²) in [7, 11) is 0. The Morgan fingerprint density at radius 1 is 1.14 bits per heavy atom. The van der Waals surface area contributed by atoms with Crippen LogP contribution in [0.4, 0.5) is 5.69 Å². The molecule has 0 aliphatic carbocycles. The summed E-state index contributed by atoms with van der Waals surface area (Å²) < 4.78 is 0. The molecule has 0 spiro atoms. The molecule has 4 rings (SSSR count). The maximum Gasteiger partial charge on any atom is 0.270 e. The number of amides is 1. The fourth-order valence-electron chi connectivity index (χ4n) is 3.40. The summed E-state index contributed by atoms with van der Waals surface area (Å²) in [5.74, 6) is -0.333. The third-order valence-corrected chi connectivity index (χ3v) is 4.90. The fraction of sp³-hybridized carbons (Fsp3) is 0.238. The number of rotatable bonds is 4. The van der Waals surface area contributed by atoms with Crippen molar-refractivity contribution in [2.24, 2.45) is 11.0 Å². The average molecular weight is 389 g/mol. The van der Waals surface area contributed by atoms with Crippen molar-refractivity contribution in [3.8, 4) is 0 Å². The van der Waals surface area contributed by atoms with Gasteiger partial charge in [0.25, 0.3) is 5.69 Å². The molecule has 8 heteroatoms. The second-order valence-corrected chi connectivity index (χ2v) is 7.22. The minimum atomic E-state index is -0.435. The van der Waals surface area contributed by atoms with Crippen LogP contribution in [0.1, 0.15) is 37.4 Å². The second-order valence-electron chi connectivity index (χ2n) is 7.22. The maximum absolute atomic E-state index is 12.8. The zero-order chi connectivity index (χ0) is 20.5. The zero-order valence-corrected chi connectivity index (χ0v) is 16.0. The van der Waals surface area contributed by atoms with Gasteiger partial charge in [-0.25, -0.2) is 5.01 Å². The quantitative estimate of drug-likeness (QED) is 0.498. The van der Waals surface area contributed by atoms with E-state index in [2.05, 4.69) is 15.1 Å². The number of nitrogens with zero attached hydrogens (tertiary/aromatic N) is 5. The van der Waals surface area contributed by atoms with Gasteiger partial charge < -0.3 is 0 Å². The van der Waals surface area contributed by atoms with E-state index in [9.17, 15) is 14.9 Å². The first-order valence-electron chi connectivity index (χ1n) is 9.30. The van der Waals surface area contributed by atoms with Crippen molar-refractivity contribution in [3.05, 3.63) is 76.1 Å². The summed E-state index contributed by atoms with van der Waals surface area (Å²) in [6.45, 7) is 3.65. The molecule has 1 atom stereocenters. The van der Waals surface area contributed by atoms with E-state index in [4.69, 9.17) is 0 Å². The molecule has 146 valence electrons. The largest absolute Gasteiger partial charge is 0.273 e. The number of carbonyl (C=O) groups excluding carboxylic acids is 1. The minimum absolute atomic E-state index is 0.00337. The number of fused-ring (bicyclic) bond motifs is 1. The van der Waals surface area contributed by atoms with Gasteiger partial charge in [-0.1, -0.05) is 32.0 Å². The lowest BCUT2D eigenvalue weighted by atomic mass is 9.97. The molecule has 1 aromatic heterocycles. The number of nitro benzene ring substituents is 1. The monoisotopic (exact) mass is 389 g/mol. The molecule has 3 aromatic rings. The molecule has 0 N–H and O–H groups in total. The van der Waals surface area contributed by atoms with E-state index in [1.807, 2.05) is 32.0 Å². The van der Waals surface area contributed by atoms with Crippen molar-refractivity contribution in [2.75, 3.05) is 0 Å². The third-order valence-electron chi connectivity index (χ3n) is 4.90. The third kappa shape index (κ3) is 3.56. The highest BCUT2D eigenvalue weighted by atomic mass is 16.6. The van der Waals surface area contributed by atoms with Gasteiger partial charge >= 0.3 is 0 Å². The number of hydrazone groups is 1. The Labute approximate surface area is 167 Å². The van der Waals surface area contributed by atoms with Crippen LogP contribution >= 0.6 is 0 Å². The number of benzene rings is 2. The highest BCUT2D eigenvalue weighted by molar-refractivity contribution is 6.03. The van der Waals surface area contributed by atoms with Gasteiger partial charge in [0, 0.05) is 42.4 Å². The maximum atomic E-state index is 12.8. The number of non-ortho nitro benzene ring substituents is 1. The van der Waals surface area contributed by atoms with Crippen molar-refractivity contribution >= 4 is 28.3 Å². The fourth-order valence-corrected chi connectivity index (χ4v) is 3.40. The molecule has 1 unspecified atom stereocenters. The van der Waals surface area contributed by atoms with Crippen LogP contribution in [0.2, 0.25) is 0 Å². The van der Waals surface area contributed by atoms with Crippen LogP contribution in [0.15, 0.2) is 60.0 Å². The minimum Gasteiger partial charge on any atom is -0.273 e. The van der Waals surface area contributed by atoms with E-state index in [1.54, 1.807) is 24.5 Å².